The molecule has 0 unspecified atom stereocenters. The lowest BCUT2D eigenvalue weighted by molar-refractivity contribution is 0.0697. The Morgan fingerprint density at radius 2 is 2.23 bits per heavy atom. The highest BCUT2D eigenvalue weighted by Crippen LogP contribution is 2.11. The minimum atomic E-state index is -0.935. The van der Waals surface area contributed by atoms with Gasteiger partial charge in [-0.05, 0) is 23.7 Å². The molecule has 0 saturated heterocycles. The summed E-state index contributed by atoms with van der Waals surface area (Å²) in [5.74, 6) is -0.935. The van der Waals surface area contributed by atoms with Crippen molar-refractivity contribution >= 4 is 30.2 Å². The van der Waals surface area contributed by atoms with E-state index in [0.29, 0.717) is 5.46 Å². The Labute approximate surface area is 75.8 Å². The van der Waals surface area contributed by atoms with Crippen LogP contribution >= 0.6 is 0 Å². The molecule has 3 nitrogen and oxygen atoms in total. The lowest BCUT2D eigenvalue weighted by atomic mass is 9.95. The van der Waals surface area contributed by atoms with Gasteiger partial charge in [-0.1, -0.05) is 11.5 Å². The molecular weight excluding hydrogens is 165 g/mol. The molecule has 0 amide bonds. The molecule has 4 heteroatoms. The van der Waals surface area contributed by atoms with Crippen molar-refractivity contribution < 1.29 is 9.90 Å². The highest BCUT2D eigenvalue weighted by molar-refractivity contribution is 6.38. The molecule has 0 aliphatic carbocycles. The molecule has 0 aliphatic rings. The van der Waals surface area contributed by atoms with Crippen molar-refractivity contribution in [2.45, 2.75) is 0 Å². The Morgan fingerprint density at radius 3 is 2.92 bits per heavy atom. The minimum Gasteiger partial charge on any atom is -0.478 e. The molecule has 2 aromatic rings. The SMILES string of the molecule is [B]c1c[nH]c2cc(C(=O)O)ccc12. The van der Waals surface area contributed by atoms with E-state index in [1.165, 1.54) is 6.07 Å². The first-order valence-corrected chi connectivity index (χ1v) is 3.78. The summed E-state index contributed by atoms with van der Waals surface area (Å²) in [7, 11) is 5.62. The van der Waals surface area contributed by atoms with Gasteiger partial charge in [-0.2, -0.15) is 0 Å². The topological polar surface area (TPSA) is 53.1 Å². The highest BCUT2D eigenvalue weighted by Gasteiger charge is 2.04. The molecule has 2 N–H and O–H groups in total. The first-order chi connectivity index (χ1) is 6.18. The summed E-state index contributed by atoms with van der Waals surface area (Å²) in [6, 6.07) is 4.80. The molecule has 0 aliphatic heterocycles. The molecule has 1 aromatic carbocycles. The number of fused-ring (bicyclic) bond motifs is 1. The van der Waals surface area contributed by atoms with Gasteiger partial charge in [0.25, 0.3) is 0 Å². The minimum absolute atomic E-state index is 0.259. The first-order valence-electron chi connectivity index (χ1n) is 3.78. The number of carboxylic acids is 1. The Kier molecular flexibility index (Phi) is 1.62. The third-order valence-corrected chi connectivity index (χ3v) is 1.96. The number of benzene rings is 1. The fourth-order valence-corrected chi connectivity index (χ4v) is 1.28. The van der Waals surface area contributed by atoms with Crippen molar-refractivity contribution in [1.29, 1.82) is 0 Å². The van der Waals surface area contributed by atoms with Crippen LogP contribution in [0.4, 0.5) is 0 Å². The Morgan fingerprint density at radius 1 is 1.46 bits per heavy atom. The van der Waals surface area contributed by atoms with E-state index in [-0.39, 0.29) is 5.56 Å². The molecule has 13 heavy (non-hydrogen) atoms. The average molecular weight is 171 g/mol. The number of carbonyl (C=O) groups is 1. The van der Waals surface area contributed by atoms with E-state index >= 15 is 0 Å². The van der Waals surface area contributed by atoms with E-state index in [1.807, 2.05) is 0 Å². The van der Waals surface area contributed by atoms with Crippen molar-refractivity contribution in [2.24, 2.45) is 0 Å². The number of hydrogen-bond donors (Lipinski definition) is 2. The summed E-state index contributed by atoms with van der Waals surface area (Å²) in [5, 5.41) is 9.56. The Balaban J connectivity index is 2.70. The van der Waals surface area contributed by atoms with Gasteiger partial charge in [0, 0.05) is 5.52 Å². The van der Waals surface area contributed by atoms with Gasteiger partial charge in [-0.25, -0.2) is 4.79 Å². The maximum absolute atomic E-state index is 10.6. The third kappa shape index (κ3) is 1.20. The number of H-pyrrole nitrogens is 1. The summed E-state index contributed by atoms with van der Waals surface area (Å²) < 4.78 is 0. The van der Waals surface area contributed by atoms with E-state index in [0.717, 1.165) is 10.9 Å². The zero-order valence-corrected chi connectivity index (χ0v) is 6.74. The standard InChI is InChI=1S/C9H6BNO2/c10-7-4-11-8-3-5(9(12)13)1-2-6(7)8/h1-4,11H,(H,12,13). The molecule has 62 valence electrons. The number of rotatable bonds is 1. The number of nitrogens with one attached hydrogen (secondary N) is 1. The van der Waals surface area contributed by atoms with Crippen molar-refractivity contribution in [3.8, 4) is 0 Å². The molecule has 0 spiro atoms. The van der Waals surface area contributed by atoms with Crippen LogP contribution in [0.15, 0.2) is 24.4 Å². The van der Waals surface area contributed by atoms with Crippen LogP contribution in [0.3, 0.4) is 0 Å². The number of aromatic carboxylic acids is 1. The van der Waals surface area contributed by atoms with Crippen LogP contribution in [0.5, 0.6) is 0 Å². The number of aromatic nitrogens is 1. The average Bonchev–Trinajstić information content (AvgIpc) is 2.47. The van der Waals surface area contributed by atoms with Gasteiger partial charge < -0.3 is 10.1 Å². The molecule has 1 heterocycles. The van der Waals surface area contributed by atoms with Gasteiger partial charge in [0.2, 0.25) is 0 Å². The van der Waals surface area contributed by atoms with Gasteiger partial charge in [0.1, 0.15) is 7.85 Å². The molecule has 0 saturated carbocycles. The first kappa shape index (κ1) is 7.92. The predicted octanol–water partition coefficient (Wildman–Crippen LogP) is 0.660. The maximum Gasteiger partial charge on any atom is 0.335 e. The number of hydrogen-bond acceptors (Lipinski definition) is 1. The second-order valence-electron chi connectivity index (χ2n) is 2.81. The number of carboxylic acid groups (broad SMARTS) is 1. The largest absolute Gasteiger partial charge is 0.478 e. The highest BCUT2D eigenvalue weighted by atomic mass is 16.4. The van der Waals surface area contributed by atoms with Crippen molar-refractivity contribution in [3.05, 3.63) is 30.0 Å². The maximum atomic E-state index is 10.6. The van der Waals surface area contributed by atoms with Crippen LogP contribution < -0.4 is 5.46 Å². The van der Waals surface area contributed by atoms with E-state index in [9.17, 15) is 4.79 Å². The lowest BCUT2D eigenvalue weighted by Crippen LogP contribution is -1.99. The van der Waals surface area contributed by atoms with E-state index in [2.05, 4.69) is 4.98 Å². The number of aromatic amines is 1. The molecular formula is C9H6BNO2. The van der Waals surface area contributed by atoms with Gasteiger partial charge in [-0.15, -0.1) is 0 Å². The van der Waals surface area contributed by atoms with Crippen LogP contribution in [0.2, 0.25) is 0 Å². The predicted molar refractivity (Wildman–Crippen MR) is 50.6 cm³/mol. The Hall–Kier alpha value is -1.71. The third-order valence-electron chi connectivity index (χ3n) is 1.96. The normalized spacial score (nSPS) is 10.5. The Bertz CT molecular complexity index is 475. The van der Waals surface area contributed by atoms with Crippen LogP contribution in [-0.4, -0.2) is 23.9 Å². The zero-order chi connectivity index (χ0) is 9.42. The second-order valence-corrected chi connectivity index (χ2v) is 2.81. The summed E-state index contributed by atoms with van der Waals surface area (Å²) in [4.78, 5) is 13.5. The zero-order valence-electron chi connectivity index (χ0n) is 6.74. The van der Waals surface area contributed by atoms with Gasteiger partial charge >= 0.3 is 5.97 Å². The lowest BCUT2D eigenvalue weighted by Gasteiger charge is -1.94. The second kappa shape index (κ2) is 2.66. The quantitative estimate of drug-likeness (QED) is 0.619. The van der Waals surface area contributed by atoms with Crippen LogP contribution in [0.25, 0.3) is 10.9 Å². The van der Waals surface area contributed by atoms with Crippen molar-refractivity contribution in [2.75, 3.05) is 0 Å². The van der Waals surface area contributed by atoms with E-state index < -0.39 is 5.97 Å². The van der Waals surface area contributed by atoms with Crippen LogP contribution in [-0.2, 0) is 0 Å². The summed E-state index contributed by atoms with van der Waals surface area (Å²) in [6.07, 6.45) is 1.65. The fourth-order valence-electron chi connectivity index (χ4n) is 1.28. The van der Waals surface area contributed by atoms with E-state index in [4.69, 9.17) is 13.0 Å². The van der Waals surface area contributed by atoms with Crippen molar-refractivity contribution in [1.82, 2.24) is 4.98 Å². The molecule has 0 bridgehead atoms. The van der Waals surface area contributed by atoms with Gasteiger partial charge in [0.05, 0.1) is 5.56 Å². The molecule has 1 aromatic heterocycles. The summed E-state index contributed by atoms with van der Waals surface area (Å²) in [5.41, 5.74) is 1.64. The van der Waals surface area contributed by atoms with Crippen molar-refractivity contribution in [3.63, 3.8) is 0 Å². The summed E-state index contributed by atoms with van der Waals surface area (Å²) >= 11 is 0. The molecule has 2 rings (SSSR count). The molecule has 0 atom stereocenters. The molecule has 2 radical (unpaired) electrons. The van der Waals surface area contributed by atoms with Gasteiger partial charge in [0.15, 0.2) is 0 Å². The smallest absolute Gasteiger partial charge is 0.335 e. The van der Waals surface area contributed by atoms with E-state index in [1.54, 1.807) is 18.3 Å². The van der Waals surface area contributed by atoms with Gasteiger partial charge in [-0.3, -0.25) is 0 Å². The monoisotopic (exact) mass is 171 g/mol. The van der Waals surface area contributed by atoms with Crippen LogP contribution in [0, 0.1) is 0 Å². The molecule has 0 fully saturated rings. The van der Waals surface area contributed by atoms with Crippen LogP contribution in [0.1, 0.15) is 10.4 Å². The fraction of sp³-hybridized carbons (Fsp3) is 0. The summed E-state index contributed by atoms with van der Waals surface area (Å²) in [6.45, 7) is 0.